The van der Waals surface area contributed by atoms with E-state index in [1.165, 1.54) is 0 Å². The number of alkyl halides is 2. The van der Waals surface area contributed by atoms with Crippen LogP contribution in [0, 0.1) is 0 Å². The third-order valence-corrected chi connectivity index (χ3v) is 4.08. The van der Waals surface area contributed by atoms with Gasteiger partial charge in [-0.05, 0) is 30.5 Å². The molecule has 1 amide bonds. The van der Waals surface area contributed by atoms with Gasteiger partial charge >= 0.3 is 0 Å². The number of ketones is 1. The first-order valence-electron chi connectivity index (χ1n) is 7.39. The first kappa shape index (κ1) is 15.5. The summed E-state index contributed by atoms with van der Waals surface area (Å²) < 4.78 is 30.1. The average Bonchev–Trinajstić information content (AvgIpc) is 3.10. The topological polar surface area (TPSA) is 85.2 Å². The quantitative estimate of drug-likeness (QED) is 0.856. The van der Waals surface area contributed by atoms with Crippen molar-refractivity contribution in [1.82, 2.24) is 4.98 Å². The van der Waals surface area contributed by atoms with E-state index in [4.69, 9.17) is 10.5 Å². The van der Waals surface area contributed by atoms with Crippen LogP contribution in [-0.4, -0.2) is 29.7 Å². The average molecular weight is 322 g/mol. The molecule has 5 nitrogen and oxygen atoms in total. The SMILES string of the molecule is NC(=O)c1[nH]c2ccc3c(c2c1CCCC(=O)C(F)F)CCO3. The Morgan fingerprint density at radius 3 is 2.83 bits per heavy atom. The molecular weight excluding hydrogens is 306 g/mol. The van der Waals surface area contributed by atoms with Crippen LogP contribution < -0.4 is 10.5 Å². The maximum absolute atomic E-state index is 12.3. The maximum Gasteiger partial charge on any atom is 0.295 e. The molecule has 0 unspecified atom stereocenters. The first-order chi connectivity index (χ1) is 11.0. The molecule has 0 atom stereocenters. The van der Waals surface area contributed by atoms with Crippen LogP contribution in [-0.2, 0) is 17.6 Å². The van der Waals surface area contributed by atoms with Crippen molar-refractivity contribution in [2.75, 3.05) is 6.61 Å². The van der Waals surface area contributed by atoms with Crippen LogP contribution in [0.25, 0.3) is 10.9 Å². The molecule has 3 rings (SSSR count). The van der Waals surface area contributed by atoms with Gasteiger partial charge in [-0.2, -0.15) is 0 Å². The Kier molecular flexibility index (Phi) is 4.02. The number of hydrogen-bond acceptors (Lipinski definition) is 3. The molecule has 122 valence electrons. The molecule has 1 aliphatic heterocycles. The molecule has 0 fully saturated rings. The van der Waals surface area contributed by atoms with Gasteiger partial charge in [-0.1, -0.05) is 0 Å². The van der Waals surface area contributed by atoms with Crippen LogP contribution in [0.15, 0.2) is 12.1 Å². The number of carbonyl (C=O) groups is 2. The highest BCUT2D eigenvalue weighted by atomic mass is 19.3. The number of halogens is 2. The van der Waals surface area contributed by atoms with Crippen LogP contribution in [0.2, 0.25) is 0 Å². The third kappa shape index (κ3) is 2.78. The van der Waals surface area contributed by atoms with Crippen LogP contribution in [0.5, 0.6) is 5.75 Å². The molecule has 7 heteroatoms. The molecule has 1 aliphatic rings. The molecular formula is C16H16F2N2O3. The van der Waals surface area contributed by atoms with Gasteiger partial charge < -0.3 is 15.5 Å². The summed E-state index contributed by atoms with van der Waals surface area (Å²) >= 11 is 0. The number of amides is 1. The highest BCUT2D eigenvalue weighted by Gasteiger charge is 2.23. The molecule has 1 aromatic carbocycles. The normalized spacial score (nSPS) is 13.3. The number of H-pyrrole nitrogens is 1. The highest BCUT2D eigenvalue weighted by molar-refractivity contribution is 6.02. The smallest absolute Gasteiger partial charge is 0.295 e. The lowest BCUT2D eigenvalue weighted by atomic mass is 9.98. The minimum absolute atomic E-state index is 0.228. The van der Waals surface area contributed by atoms with E-state index in [0.29, 0.717) is 25.0 Å². The van der Waals surface area contributed by atoms with Gasteiger partial charge in [0, 0.05) is 29.3 Å². The van der Waals surface area contributed by atoms with E-state index in [1.54, 1.807) is 6.07 Å². The second kappa shape index (κ2) is 5.98. The minimum atomic E-state index is -2.95. The van der Waals surface area contributed by atoms with Gasteiger partial charge in [0.05, 0.1) is 6.61 Å². The first-order valence-corrected chi connectivity index (χ1v) is 7.39. The second-order valence-electron chi connectivity index (χ2n) is 5.53. The zero-order chi connectivity index (χ0) is 16.6. The number of nitrogens with one attached hydrogen (secondary N) is 1. The molecule has 2 aromatic rings. The Morgan fingerprint density at radius 2 is 2.13 bits per heavy atom. The Morgan fingerprint density at radius 1 is 1.35 bits per heavy atom. The Balaban J connectivity index is 1.96. The number of primary amides is 1. The summed E-state index contributed by atoms with van der Waals surface area (Å²) in [5.41, 5.74) is 8.11. The van der Waals surface area contributed by atoms with E-state index >= 15 is 0 Å². The van der Waals surface area contributed by atoms with Crippen molar-refractivity contribution < 1.29 is 23.1 Å². The highest BCUT2D eigenvalue weighted by Crippen LogP contribution is 2.36. The van der Waals surface area contributed by atoms with Crippen molar-refractivity contribution in [2.24, 2.45) is 5.73 Å². The summed E-state index contributed by atoms with van der Waals surface area (Å²) in [4.78, 5) is 25.7. The summed E-state index contributed by atoms with van der Waals surface area (Å²) in [5.74, 6) is -0.930. The van der Waals surface area contributed by atoms with E-state index in [0.717, 1.165) is 22.2 Å². The lowest BCUT2D eigenvalue weighted by Crippen LogP contribution is -2.14. The summed E-state index contributed by atoms with van der Waals surface area (Å²) in [7, 11) is 0. The van der Waals surface area contributed by atoms with Gasteiger partial charge in [0.25, 0.3) is 12.3 Å². The fraction of sp³-hybridized carbons (Fsp3) is 0.375. The molecule has 0 radical (unpaired) electrons. The fourth-order valence-electron chi connectivity index (χ4n) is 3.07. The standard InChI is InChI=1S/C16H16F2N2O3/c17-15(18)11(21)3-1-2-9-13-8-6-7-23-12(8)5-4-10(13)20-14(9)16(19)22/h4-5,15,20H,1-3,6-7H2,(H2,19,22). The maximum atomic E-state index is 12.3. The predicted octanol–water partition coefficient (Wildman–Crippen LogP) is 2.36. The van der Waals surface area contributed by atoms with Gasteiger partial charge in [-0.3, -0.25) is 9.59 Å². The van der Waals surface area contributed by atoms with Crippen molar-refractivity contribution in [2.45, 2.75) is 32.1 Å². The summed E-state index contributed by atoms with van der Waals surface area (Å²) in [6, 6.07) is 3.63. The Bertz CT molecular complexity index is 783. The molecule has 3 N–H and O–H groups in total. The number of aromatic amines is 1. The molecule has 0 saturated carbocycles. The summed E-state index contributed by atoms with van der Waals surface area (Å²) in [6.45, 7) is 0.564. The van der Waals surface area contributed by atoms with Gasteiger partial charge in [-0.25, -0.2) is 8.78 Å². The van der Waals surface area contributed by atoms with Gasteiger partial charge in [0.15, 0.2) is 5.78 Å². The number of hydrogen-bond donors (Lipinski definition) is 2. The zero-order valence-corrected chi connectivity index (χ0v) is 12.3. The Labute approximate surface area is 130 Å². The largest absolute Gasteiger partial charge is 0.493 e. The van der Waals surface area contributed by atoms with Crippen LogP contribution >= 0.6 is 0 Å². The van der Waals surface area contributed by atoms with Crippen molar-refractivity contribution in [1.29, 1.82) is 0 Å². The molecule has 23 heavy (non-hydrogen) atoms. The molecule has 2 heterocycles. The van der Waals surface area contributed by atoms with Gasteiger partial charge in [0.2, 0.25) is 0 Å². The molecule has 0 aliphatic carbocycles. The predicted molar refractivity (Wildman–Crippen MR) is 80.0 cm³/mol. The van der Waals surface area contributed by atoms with Crippen LogP contribution in [0.3, 0.4) is 0 Å². The molecule has 0 bridgehead atoms. The number of benzene rings is 1. The van der Waals surface area contributed by atoms with Crippen LogP contribution in [0.4, 0.5) is 8.78 Å². The number of aromatic nitrogens is 1. The molecule has 0 spiro atoms. The number of rotatable bonds is 6. The lowest BCUT2D eigenvalue weighted by molar-refractivity contribution is -0.129. The number of carbonyl (C=O) groups excluding carboxylic acids is 2. The van der Waals surface area contributed by atoms with E-state index in [9.17, 15) is 18.4 Å². The monoisotopic (exact) mass is 322 g/mol. The number of aryl methyl sites for hydroxylation is 1. The third-order valence-electron chi connectivity index (χ3n) is 4.08. The van der Waals surface area contributed by atoms with Crippen molar-refractivity contribution >= 4 is 22.6 Å². The summed E-state index contributed by atoms with van der Waals surface area (Å²) in [6.07, 6.45) is -1.90. The van der Waals surface area contributed by atoms with Gasteiger partial charge in [-0.15, -0.1) is 0 Å². The summed E-state index contributed by atoms with van der Waals surface area (Å²) in [5, 5.41) is 0.860. The number of Topliss-reactive ketones (excluding diaryl/α,β-unsaturated/α-hetero) is 1. The van der Waals surface area contributed by atoms with Gasteiger partial charge in [0.1, 0.15) is 11.4 Å². The molecule has 0 saturated heterocycles. The number of nitrogens with two attached hydrogens (primary N) is 1. The van der Waals surface area contributed by atoms with E-state index in [1.807, 2.05) is 6.07 Å². The lowest BCUT2D eigenvalue weighted by Gasteiger charge is -2.05. The second-order valence-corrected chi connectivity index (χ2v) is 5.53. The zero-order valence-electron chi connectivity index (χ0n) is 12.3. The Hall–Kier alpha value is -2.44. The van der Waals surface area contributed by atoms with E-state index < -0.39 is 18.1 Å². The molecule has 1 aromatic heterocycles. The van der Waals surface area contributed by atoms with Crippen molar-refractivity contribution in [3.63, 3.8) is 0 Å². The van der Waals surface area contributed by atoms with Crippen LogP contribution in [0.1, 0.15) is 34.5 Å². The number of fused-ring (bicyclic) bond motifs is 3. The van der Waals surface area contributed by atoms with Crippen molar-refractivity contribution in [3.8, 4) is 5.75 Å². The number of ether oxygens (including phenoxy) is 1. The van der Waals surface area contributed by atoms with E-state index in [-0.39, 0.29) is 18.5 Å². The fourth-order valence-corrected chi connectivity index (χ4v) is 3.07. The van der Waals surface area contributed by atoms with Crippen molar-refractivity contribution in [3.05, 3.63) is 29.0 Å². The van der Waals surface area contributed by atoms with E-state index in [2.05, 4.69) is 4.98 Å². The minimum Gasteiger partial charge on any atom is -0.493 e.